The Labute approximate surface area is 312 Å². The minimum Gasteiger partial charge on any atom is -0.491 e. The Hall–Kier alpha value is -3.87. The molecule has 0 bridgehead atoms. The number of ether oxygens (including phenoxy) is 8. The molecule has 1 aromatic heterocycles. The maximum absolute atomic E-state index is 14.5. The summed E-state index contributed by atoms with van der Waals surface area (Å²) in [4.78, 5) is 14.5. The van der Waals surface area contributed by atoms with Crippen molar-refractivity contribution in [2.24, 2.45) is 0 Å². The molecule has 20 nitrogen and oxygen atoms in total. The van der Waals surface area contributed by atoms with Crippen molar-refractivity contribution in [2.45, 2.75) is 68.3 Å². The van der Waals surface area contributed by atoms with E-state index in [0.29, 0.717) is 0 Å². The Morgan fingerprint density at radius 3 is 1.91 bits per heavy atom. The van der Waals surface area contributed by atoms with Gasteiger partial charge in [-0.1, -0.05) is 0 Å². The Morgan fingerprint density at radius 1 is 0.636 bits per heavy atom. The van der Waals surface area contributed by atoms with Gasteiger partial charge < -0.3 is 93.4 Å². The lowest BCUT2D eigenvalue weighted by Crippen LogP contribution is -2.61. The van der Waals surface area contributed by atoms with E-state index in [1.165, 1.54) is 37.3 Å². The highest BCUT2D eigenvalue weighted by Crippen LogP contribution is 2.41. The van der Waals surface area contributed by atoms with Crippen molar-refractivity contribution in [2.75, 3.05) is 59.5 Å². The molecular weight excluding hydrogens is 740 g/mol. The predicted molar refractivity (Wildman–Crippen MR) is 184 cm³/mol. The Morgan fingerprint density at radius 2 is 1.24 bits per heavy atom. The summed E-state index contributed by atoms with van der Waals surface area (Å²) in [6.45, 7) is -1.34. The van der Waals surface area contributed by atoms with Crippen LogP contribution in [0.2, 0.25) is 0 Å². The highest BCUT2D eigenvalue weighted by molar-refractivity contribution is 5.89. The zero-order valence-corrected chi connectivity index (χ0v) is 29.6. The molecule has 2 aromatic carbocycles. The van der Waals surface area contributed by atoms with Crippen LogP contribution in [-0.2, 0) is 14.2 Å². The molecule has 306 valence electrons. The molecule has 2 aliphatic heterocycles. The number of hydrogen-bond acceptors (Lipinski definition) is 20. The van der Waals surface area contributed by atoms with Crippen molar-refractivity contribution in [3.8, 4) is 40.1 Å². The predicted octanol–water partition coefficient (Wildman–Crippen LogP) is -3.03. The van der Waals surface area contributed by atoms with Crippen molar-refractivity contribution in [1.82, 2.24) is 0 Å². The van der Waals surface area contributed by atoms with Gasteiger partial charge in [-0.05, 0) is 25.1 Å². The van der Waals surface area contributed by atoms with E-state index in [1.807, 2.05) is 0 Å². The smallest absolute Gasteiger partial charge is 0.239 e. The molecule has 10 unspecified atom stereocenters. The monoisotopic (exact) mass is 786 g/mol. The van der Waals surface area contributed by atoms with Crippen molar-refractivity contribution >= 4 is 11.0 Å². The van der Waals surface area contributed by atoms with Crippen LogP contribution in [-0.4, -0.2) is 172 Å². The van der Waals surface area contributed by atoms with E-state index in [2.05, 4.69) is 0 Å². The van der Waals surface area contributed by atoms with Gasteiger partial charge in [-0.2, -0.15) is 0 Å². The van der Waals surface area contributed by atoms with Gasteiger partial charge in [0.05, 0.1) is 39.1 Å². The number of hydrogen-bond donors (Lipinski definition) is 10. The zero-order valence-electron chi connectivity index (χ0n) is 29.6. The van der Waals surface area contributed by atoms with Crippen LogP contribution in [0.1, 0.15) is 6.92 Å². The van der Waals surface area contributed by atoms with E-state index in [4.69, 9.17) is 42.3 Å². The molecule has 20 heteroatoms. The van der Waals surface area contributed by atoms with E-state index < -0.39 is 85.8 Å². The molecule has 10 atom stereocenters. The maximum atomic E-state index is 14.5. The van der Waals surface area contributed by atoms with Crippen LogP contribution >= 0.6 is 0 Å². The number of aliphatic hydroxyl groups is 10. The van der Waals surface area contributed by atoms with E-state index in [9.17, 15) is 55.9 Å². The molecule has 0 amide bonds. The minimum atomic E-state index is -1.99. The topological polar surface area (TPSA) is 306 Å². The summed E-state index contributed by atoms with van der Waals surface area (Å²) in [6, 6.07) is 6.91. The molecular formula is C35H46O20. The number of fused-ring (bicyclic) bond motifs is 1. The molecule has 0 spiro atoms. The van der Waals surface area contributed by atoms with Gasteiger partial charge in [-0.3, -0.25) is 4.79 Å². The van der Waals surface area contributed by atoms with Crippen molar-refractivity contribution < 1.29 is 93.4 Å². The molecule has 55 heavy (non-hydrogen) atoms. The number of rotatable bonds is 18. The maximum Gasteiger partial charge on any atom is 0.239 e. The second-order valence-corrected chi connectivity index (χ2v) is 12.5. The van der Waals surface area contributed by atoms with Gasteiger partial charge in [0.15, 0.2) is 23.5 Å². The largest absolute Gasteiger partial charge is 0.491 e. The van der Waals surface area contributed by atoms with Crippen LogP contribution in [0.15, 0.2) is 39.5 Å². The van der Waals surface area contributed by atoms with E-state index in [0.717, 1.165) is 0 Å². The van der Waals surface area contributed by atoms with E-state index in [1.54, 1.807) is 0 Å². The molecule has 10 N–H and O–H groups in total. The fourth-order valence-electron chi connectivity index (χ4n) is 5.86. The third-order valence-corrected chi connectivity index (χ3v) is 8.64. The van der Waals surface area contributed by atoms with Crippen LogP contribution in [0.3, 0.4) is 0 Å². The summed E-state index contributed by atoms with van der Waals surface area (Å²) in [7, 11) is 0. The number of aliphatic hydroxyl groups excluding tert-OH is 10. The molecule has 3 heterocycles. The number of benzene rings is 2. The second-order valence-electron chi connectivity index (χ2n) is 12.5. The highest BCUT2D eigenvalue weighted by atomic mass is 16.7. The van der Waals surface area contributed by atoms with Crippen molar-refractivity contribution in [1.29, 1.82) is 0 Å². The standard InChI is InChI=1S/C35H46O20/c1-16-25(40)28(43)30(45)34(52-16)51-15-23-26(41)29(44)31(46)35(54-23)55-33-27(42)24-21(50-11-7-39)13-18(47-8-4-36)14-22(24)53-32(33)17-2-3-19(48-9-5-37)20(12-17)49-10-6-38/h2-3,12-14,16,23,25-26,28-31,34-41,43-46H,4-11,15H2,1H3. The SMILES string of the molecule is CC1OC(OCC2OC(Oc3c(-c4ccc(OCCO)c(OCCO)c4)oc4cc(OCCO)cc(OCCO)c4c3=O)C(O)C(O)C2O)C(O)C(O)C1O. The normalized spacial score (nSPS) is 28.2. The van der Waals surface area contributed by atoms with Crippen LogP contribution in [0.25, 0.3) is 22.3 Å². The first kappa shape index (κ1) is 42.3. The van der Waals surface area contributed by atoms with Gasteiger partial charge in [0.25, 0.3) is 0 Å². The molecule has 2 saturated heterocycles. The third kappa shape index (κ3) is 9.57. The molecule has 0 saturated carbocycles. The second kappa shape index (κ2) is 19.3. The molecule has 2 aliphatic rings. The average Bonchev–Trinajstić information content (AvgIpc) is 3.18. The molecule has 0 aliphatic carbocycles. The summed E-state index contributed by atoms with van der Waals surface area (Å²) in [5.41, 5.74) is -0.906. The quantitative estimate of drug-likeness (QED) is 0.0613. The average molecular weight is 787 g/mol. The van der Waals surface area contributed by atoms with E-state index >= 15 is 0 Å². The van der Waals surface area contributed by atoms with E-state index in [-0.39, 0.29) is 91.5 Å². The van der Waals surface area contributed by atoms with Gasteiger partial charge >= 0.3 is 0 Å². The first-order valence-corrected chi connectivity index (χ1v) is 17.3. The molecule has 0 radical (unpaired) electrons. The summed E-state index contributed by atoms with van der Waals surface area (Å²) in [6.07, 6.45) is -16.3. The van der Waals surface area contributed by atoms with Gasteiger partial charge in [-0.15, -0.1) is 0 Å². The van der Waals surface area contributed by atoms with Gasteiger partial charge in [0, 0.05) is 17.7 Å². The van der Waals surface area contributed by atoms with Crippen LogP contribution in [0.5, 0.6) is 28.7 Å². The van der Waals surface area contributed by atoms with Crippen molar-refractivity contribution in [3.05, 3.63) is 40.6 Å². The molecule has 5 rings (SSSR count). The first-order chi connectivity index (χ1) is 26.4. The Kier molecular flexibility index (Phi) is 14.9. The molecule has 3 aromatic rings. The fraction of sp³-hybridized carbons (Fsp3) is 0.571. The lowest BCUT2D eigenvalue weighted by molar-refractivity contribution is -0.318. The highest BCUT2D eigenvalue weighted by Gasteiger charge is 2.48. The van der Waals surface area contributed by atoms with Gasteiger partial charge in [0.1, 0.15) is 91.6 Å². The third-order valence-electron chi connectivity index (χ3n) is 8.64. The zero-order chi connectivity index (χ0) is 39.8. The Bertz CT molecular complexity index is 1750. The van der Waals surface area contributed by atoms with Crippen molar-refractivity contribution in [3.63, 3.8) is 0 Å². The summed E-state index contributed by atoms with van der Waals surface area (Å²) in [5, 5.41) is 101. The Balaban J connectivity index is 1.58. The molecule has 2 fully saturated rings. The summed E-state index contributed by atoms with van der Waals surface area (Å²) >= 11 is 0. The minimum absolute atomic E-state index is 0.0597. The van der Waals surface area contributed by atoms with Crippen LogP contribution in [0.4, 0.5) is 0 Å². The van der Waals surface area contributed by atoms with Gasteiger partial charge in [0.2, 0.25) is 17.5 Å². The first-order valence-electron chi connectivity index (χ1n) is 17.3. The lowest BCUT2D eigenvalue weighted by atomic mass is 9.98. The fourth-order valence-corrected chi connectivity index (χ4v) is 5.86. The lowest BCUT2D eigenvalue weighted by Gasteiger charge is -2.42. The van der Waals surface area contributed by atoms with Gasteiger partial charge in [-0.25, -0.2) is 0 Å². The van der Waals surface area contributed by atoms with Crippen LogP contribution < -0.4 is 29.1 Å². The summed E-state index contributed by atoms with van der Waals surface area (Å²) in [5.74, 6) is -0.686. The summed E-state index contributed by atoms with van der Waals surface area (Å²) < 4.78 is 51.4. The van der Waals surface area contributed by atoms with Crippen LogP contribution in [0, 0.1) is 0 Å².